The summed E-state index contributed by atoms with van der Waals surface area (Å²) in [6, 6.07) is 47.1. The number of Topliss-reactive ketones (excluding diaryl/α,β-unsaturated/α-hetero) is 1. The van der Waals surface area contributed by atoms with E-state index in [9.17, 15) is 72.9 Å². The minimum absolute atomic E-state index is 0.0169. The Morgan fingerprint density at radius 1 is 0.642 bits per heavy atom. The van der Waals surface area contributed by atoms with E-state index in [0.717, 1.165) is 48.8 Å². The highest BCUT2D eigenvalue weighted by atomic mass is 32.2. The van der Waals surface area contributed by atoms with Crippen LogP contribution >= 0.6 is 0 Å². The van der Waals surface area contributed by atoms with Crippen LogP contribution in [0.1, 0.15) is 72.6 Å². The van der Waals surface area contributed by atoms with Crippen molar-refractivity contribution >= 4 is 97.8 Å². The third-order valence-corrected chi connectivity index (χ3v) is 23.6. The summed E-state index contributed by atoms with van der Waals surface area (Å²) in [5, 5.41) is 2.14. The predicted octanol–water partition coefficient (Wildman–Crippen LogP) is 10.7. The molecule has 3 aliphatic heterocycles. The molecule has 0 saturated carbocycles. The molecule has 508 valence electrons. The Morgan fingerprint density at radius 2 is 1.23 bits per heavy atom. The lowest BCUT2D eigenvalue weighted by Crippen LogP contribution is -2.13. The van der Waals surface area contributed by atoms with Crippen LogP contribution in [0.4, 0.5) is 4.39 Å². The highest BCUT2D eigenvalue weighted by Gasteiger charge is 2.39. The number of benzene rings is 5. The predicted molar refractivity (Wildman–Crippen MR) is 365 cm³/mol. The van der Waals surface area contributed by atoms with E-state index >= 15 is 0 Å². The second-order valence-electron chi connectivity index (χ2n) is 20.5. The van der Waals surface area contributed by atoms with Gasteiger partial charge in [-0.1, -0.05) is 133 Å². The van der Waals surface area contributed by atoms with Gasteiger partial charge in [-0.3, -0.25) is 14.6 Å². The summed E-state index contributed by atoms with van der Waals surface area (Å²) in [5.41, 5.74) is 2.21. The lowest BCUT2D eigenvalue weighted by atomic mass is 10.1. The van der Waals surface area contributed by atoms with Gasteiger partial charge in [0.25, 0.3) is 0 Å². The van der Waals surface area contributed by atoms with Crippen molar-refractivity contribution in [2.75, 3.05) is 56.6 Å². The van der Waals surface area contributed by atoms with Crippen molar-refractivity contribution in [3.05, 3.63) is 255 Å². The molecule has 0 N–H and O–H groups in total. The molecule has 0 spiro atoms. The number of sulfone groups is 6. The van der Waals surface area contributed by atoms with Gasteiger partial charge in [-0.15, -0.1) is 0 Å². The molecule has 0 radical (unpaired) electrons. The van der Waals surface area contributed by atoms with Crippen LogP contribution in [0.15, 0.2) is 247 Å². The van der Waals surface area contributed by atoms with Crippen LogP contribution in [0.25, 0.3) is 17.1 Å². The summed E-state index contributed by atoms with van der Waals surface area (Å²) in [7, 11) is -23.6. The quantitative estimate of drug-likeness (QED) is 0.0239. The number of carbonyl (C=O) groups is 2. The molecule has 1 aliphatic carbocycles. The van der Waals surface area contributed by atoms with Gasteiger partial charge in [0.2, 0.25) is 35.3 Å². The van der Waals surface area contributed by atoms with Gasteiger partial charge in [-0.05, 0) is 129 Å². The number of aromatic nitrogens is 1. The van der Waals surface area contributed by atoms with Crippen molar-refractivity contribution in [3.8, 4) is 0 Å². The van der Waals surface area contributed by atoms with Crippen molar-refractivity contribution in [2.45, 2.75) is 60.1 Å². The molecule has 10 rings (SSSR count). The molecule has 4 aliphatic rings. The number of alkyl halides is 1. The maximum atomic E-state index is 13.1. The molecule has 20 nitrogen and oxygen atoms in total. The van der Waals surface area contributed by atoms with Crippen molar-refractivity contribution < 1.29 is 86.6 Å². The van der Waals surface area contributed by atoms with Gasteiger partial charge in [-0.25, -0.2) is 54.9 Å². The van der Waals surface area contributed by atoms with E-state index in [1.807, 2.05) is 84.9 Å². The Morgan fingerprint density at radius 3 is 1.77 bits per heavy atom. The maximum Gasteiger partial charge on any atom is 0.305 e. The van der Waals surface area contributed by atoms with Crippen LogP contribution in [0.2, 0.25) is 0 Å². The number of fused-ring (bicyclic) bond motifs is 1. The Kier molecular flexibility index (Phi) is 30.6. The lowest BCUT2D eigenvalue weighted by molar-refractivity contribution is -0.112. The van der Waals surface area contributed by atoms with Crippen LogP contribution in [-0.2, 0) is 87.6 Å². The van der Waals surface area contributed by atoms with Gasteiger partial charge in [0.05, 0.1) is 85.0 Å². The molecule has 0 atom stereocenters. The number of carbonyl (C=O) groups excluding carboxylic acids is 2. The average Bonchev–Trinajstić information content (AvgIpc) is 1.60. The molecule has 0 unspecified atom stereocenters. The highest BCUT2D eigenvalue weighted by molar-refractivity contribution is 8.01. The molecular weight excluding hydrogens is 1370 g/mol. The summed E-state index contributed by atoms with van der Waals surface area (Å²) < 4.78 is 187. The third kappa shape index (κ3) is 26.3. The molecule has 4 heterocycles. The fourth-order valence-electron chi connectivity index (χ4n) is 8.36. The Balaban J connectivity index is 0.000000212. The smallest absolute Gasteiger partial charge is 0.305 e. The van der Waals surface area contributed by atoms with Gasteiger partial charge in [-0.2, -0.15) is 8.42 Å². The minimum Gasteiger partial charge on any atom is -0.390 e. The second kappa shape index (κ2) is 37.4. The Bertz CT molecular complexity index is 4600. The van der Waals surface area contributed by atoms with Crippen LogP contribution in [0.3, 0.4) is 0 Å². The number of pyridine rings is 1. The average molecular weight is 1440 g/mol. The number of allylic oxidation sites excluding steroid dienone is 7. The largest absolute Gasteiger partial charge is 0.390 e. The first-order chi connectivity index (χ1) is 45.0. The molecule has 0 amide bonds. The number of halogens is 1. The summed E-state index contributed by atoms with van der Waals surface area (Å²) in [5.74, 6) is -0.603. The number of ketones is 2. The van der Waals surface area contributed by atoms with Gasteiger partial charge in [0, 0.05) is 22.6 Å². The number of ether oxygens (including phenoxy) is 2. The molecule has 28 heteroatoms. The number of hydrogen-bond donors (Lipinski definition) is 0. The van der Waals surface area contributed by atoms with Gasteiger partial charge >= 0.3 is 10.1 Å². The van der Waals surface area contributed by atoms with E-state index in [2.05, 4.69) is 9.17 Å². The van der Waals surface area contributed by atoms with E-state index in [4.69, 9.17) is 9.47 Å². The standard InChI is InChI=1S/C20H16O2S.C14H9NO3S.C13H14O2S.C10H17FO5S.C6H10O5S2.C4H6O2S/c21-23(22,19-14-8-3-9-15-19)20(18-12-6-2-7-13-18)16-17-10-4-1-5-11-17;16-14-11-6-1-2-7-12(11)19(17,18)13(14)9-10-5-3-4-8-15-10;14-16(15,13-10-6-3-7-11-13)12-8-4-1-2-5-9-12;1-10(12)2-8-17(13,14)9-7-16-6-5-15-4-3-11;1-12(7,8)11-5-6-3-2-4-13(6,9)10;5-7(6)3-1-2-4-7/h1-16H;1-9H;3-4,6-11H,1-2,5H2;2,8H,3-7,9H2,1H3;5H,2-4H2,1H3;1,3H,2,4H2/b20-16+;13-9+;;8-2+;6-5+;. The molecule has 0 bridgehead atoms. The summed E-state index contributed by atoms with van der Waals surface area (Å²) >= 11 is 0. The van der Waals surface area contributed by atoms with Crippen LogP contribution in [0, 0.1) is 0 Å². The zero-order chi connectivity index (χ0) is 69.6. The van der Waals surface area contributed by atoms with E-state index in [1.165, 1.54) is 30.5 Å². The molecule has 1 aromatic heterocycles. The van der Waals surface area contributed by atoms with Crippen molar-refractivity contribution in [3.63, 3.8) is 0 Å². The van der Waals surface area contributed by atoms with Gasteiger partial charge in [0.15, 0.2) is 35.3 Å². The number of hydrogen-bond acceptors (Lipinski definition) is 20. The summed E-state index contributed by atoms with van der Waals surface area (Å²) in [6.45, 7) is 1.20. The summed E-state index contributed by atoms with van der Waals surface area (Å²) in [4.78, 5) is 28.0. The Labute approximate surface area is 556 Å². The van der Waals surface area contributed by atoms with Crippen molar-refractivity contribution in [1.29, 1.82) is 0 Å². The number of rotatable bonds is 19. The van der Waals surface area contributed by atoms with Crippen molar-refractivity contribution in [2.24, 2.45) is 0 Å². The van der Waals surface area contributed by atoms with Gasteiger partial charge < -0.3 is 13.7 Å². The molecule has 1 saturated heterocycles. The van der Waals surface area contributed by atoms with Crippen LogP contribution in [0.5, 0.6) is 0 Å². The monoisotopic (exact) mass is 1440 g/mol. The fourth-order valence-corrected chi connectivity index (χ4v) is 16.5. The normalized spacial score (nSPS) is 16.9. The minimum atomic E-state index is -3.72. The van der Waals surface area contributed by atoms with E-state index in [1.54, 1.807) is 103 Å². The van der Waals surface area contributed by atoms with E-state index < -0.39 is 81.6 Å². The zero-order valence-electron chi connectivity index (χ0n) is 51.8. The topological polar surface area (TPSA) is 314 Å². The maximum absolute atomic E-state index is 13.1. The summed E-state index contributed by atoms with van der Waals surface area (Å²) in [6.07, 6.45) is 18.8. The number of nitrogens with zero attached hydrogens (tertiary/aromatic N) is 1. The van der Waals surface area contributed by atoms with E-state index in [0.29, 0.717) is 55.9 Å². The molecular formula is C67H72FNO19S7. The first kappa shape index (κ1) is 77.8. The first-order valence-corrected chi connectivity index (χ1v) is 40.5. The molecule has 95 heavy (non-hydrogen) atoms. The van der Waals surface area contributed by atoms with Crippen LogP contribution < -0.4 is 0 Å². The SMILES string of the molecule is CC(=O)/C=C/S(=O)(=O)CCOCCOCCF.CS(=O)(=O)O/C=C1\CCCS1(=O)=O.O=C1/C(=C\c2ccccn2)S(=O)(=O)c2ccccc21.O=S(=O)(/C(=C/c1ccccc1)c1ccccc1)c1ccccc1.O=S(=O)(C1=CCCCC=C1)c1ccccc1.O=S1(=O)C=CCC1. The second-order valence-corrected chi connectivity index (χ2v) is 34.0. The molecule has 1 fully saturated rings. The molecule has 5 aromatic carbocycles. The third-order valence-electron chi connectivity index (χ3n) is 13.0. The molecule has 6 aromatic rings. The lowest BCUT2D eigenvalue weighted by Gasteiger charge is -2.10. The fraction of sp³-hybridized carbons (Fsp3) is 0.239. The van der Waals surface area contributed by atoms with Crippen LogP contribution in [-0.4, -0.2) is 132 Å². The van der Waals surface area contributed by atoms with Crippen molar-refractivity contribution in [1.82, 2.24) is 4.98 Å². The first-order valence-electron chi connectivity index (χ1n) is 29.1. The zero-order valence-corrected chi connectivity index (χ0v) is 57.5. The highest BCUT2D eigenvalue weighted by Crippen LogP contribution is 2.35. The van der Waals surface area contributed by atoms with Gasteiger partial charge in [0.1, 0.15) is 17.8 Å². The Hall–Kier alpha value is -7.93. The van der Waals surface area contributed by atoms with E-state index in [-0.39, 0.29) is 64.0 Å².